The molecule has 0 radical (unpaired) electrons. The average molecular weight is 241 g/mol. The molecule has 0 spiro atoms. The summed E-state index contributed by atoms with van der Waals surface area (Å²) in [5, 5.41) is 3.15. The molecule has 1 rings (SSSR count). The first-order valence-electron chi connectivity index (χ1n) is 6.33. The number of amides is 2. The van der Waals surface area contributed by atoms with Crippen LogP contribution in [-0.4, -0.2) is 60.9 Å². The van der Waals surface area contributed by atoms with Crippen molar-refractivity contribution >= 4 is 11.8 Å². The zero-order valence-corrected chi connectivity index (χ0v) is 11.0. The highest BCUT2D eigenvalue weighted by Gasteiger charge is 2.22. The van der Waals surface area contributed by atoms with Crippen molar-refractivity contribution in [1.29, 1.82) is 0 Å². The maximum absolute atomic E-state index is 11.8. The summed E-state index contributed by atoms with van der Waals surface area (Å²) >= 11 is 0. The highest BCUT2D eigenvalue weighted by atomic mass is 16.2. The van der Waals surface area contributed by atoms with Crippen molar-refractivity contribution in [2.75, 3.05) is 33.2 Å². The van der Waals surface area contributed by atoms with Crippen molar-refractivity contribution in [3.05, 3.63) is 0 Å². The molecule has 0 atom stereocenters. The summed E-state index contributed by atoms with van der Waals surface area (Å²) in [5.74, 6) is -0.00493. The molecular formula is C12H23N3O2. The number of nitrogens with zero attached hydrogens (tertiary/aromatic N) is 2. The molecule has 1 fully saturated rings. The Kier molecular flexibility index (Phi) is 5.41. The van der Waals surface area contributed by atoms with Crippen molar-refractivity contribution in [2.24, 2.45) is 0 Å². The van der Waals surface area contributed by atoms with Crippen LogP contribution in [0.2, 0.25) is 0 Å². The number of carbonyl (C=O) groups is 2. The van der Waals surface area contributed by atoms with Gasteiger partial charge in [0.2, 0.25) is 11.8 Å². The minimum absolute atomic E-state index is 0.0114. The summed E-state index contributed by atoms with van der Waals surface area (Å²) in [6, 6.07) is 0.519. The fraction of sp³-hybridized carbons (Fsp3) is 0.833. The predicted molar refractivity (Wildman–Crippen MR) is 66.6 cm³/mol. The Balaban J connectivity index is 2.27. The van der Waals surface area contributed by atoms with Crippen molar-refractivity contribution in [2.45, 2.75) is 32.7 Å². The Morgan fingerprint density at radius 3 is 2.24 bits per heavy atom. The highest BCUT2D eigenvalue weighted by Crippen LogP contribution is 2.18. The molecule has 98 valence electrons. The Morgan fingerprint density at radius 1 is 1.18 bits per heavy atom. The zero-order valence-electron chi connectivity index (χ0n) is 11.0. The van der Waals surface area contributed by atoms with Gasteiger partial charge in [-0.2, -0.15) is 0 Å². The summed E-state index contributed by atoms with van der Waals surface area (Å²) in [6.45, 7) is 5.78. The quantitative estimate of drug-likeness (QED) is 0.686. The summed E-state index contributed by atoms with van der Waals surface area (Å²) < 4.78 is 0. The van der Waals surface area contributed by atoms with Crippen LogP contribution in [0.4, 0.5) is 0 Å². The van der Waals surface area contributed by atoms with Gasteiger partial charge in [-0.05, 0) is 26.7 Å². The molecule has 17 heavy (non-hydrogen) atoms. The molecule has 0 aromatic carbocycles. The van der Waals surface area contributed by atoms with Gasteiger partial charge < -0.3 is 15.1 Å². The van der Waals surface area contributed by atoms with Crippen LogP contribution in [0.3, 0.4) is 0 Å². The Morgan fingerprint density at radius 2 is 1.76 bits per heavy atom. The van der Waals surface area contributed by atoms with E-state index < -0.39 is 0 Å². The van der Waals surface area contributed by atoms with Crippen LogP contribution in [0, 0.1) is 0 Å². The van der Waals surface area contributed by atoms with E-state index in [2.05, 4.69) is 5.32 Å². The third-order valence-corrected chi connectivity index (χ3v) is 3.03. The monoisotopic (exact) mass is 241 g/mol. The fourth-order valence-corrected chi connectivity index (χ4v) is 1.62. The first-order valence-corrected chi connectivity index (χ1v) is 6.33. The second kappa shape index (κ2) is 6.59. The predicted octanol–water partition coefficient (Wildman–Crippen LogP) is 0.0652. The third-order valence-electron chi connectivity index (χ3n) is 3.03. The van der Waals surface area contributed by atoms with Crippen LogP contribution < -0.4 is 5.32 Å². The van der Waals surface area contributed by atoms with E-state index in [1.807, 2.05) is 13.8 Å². The molecule has 0 aliphatic heterocycles. The summed E-state index contributed by atoms with van der Waals surface area (Å²) in [4.78, 5) is 26.7. The zero-order chi connectivity index (χ0) is 12.8. The summed E-state index contributed by atoms with van der Waals surface area (Å²) in [7, 11) is 1.68. The van der Waals surface area contributed by atoms with E-state index in [4.69, 9.17) is 0 Å². The molecule has 0 heterocycles. The normalized spacial score (nSPS) is 14.5. The summed E-state index contributed by atoms with van der Waals surface area (Å²) in [6.07, 6.45) is 2.32. The highest BCUT2D eigenvalue weighted by molar-refractivity contribution is 5.85. The minimum atomic E-state index is -0.0163. The Bertz CT molecular complexity index is 273. The lowest BCUT2D eigenvalue weighted by molar-refractivity contribution is -0.138. The van der Waals surface area contributed by atoms with Gasteiger partial charge >= 0.3 is 0 Å². The van der Waals surface area contributed by atoms with E-state index in [9.17, 15) is 9.59 Å². The number of likely N-dealkylation sites (N-methyl/N-ethyl adjacent to an activating group) is 2. The van der Waals surface area contributed by atoms with Crippen molar-refractivity contribution in [1.82, 2.24) is 15.1 Å². The molecule has 1 saturated carbocycles. The molecule has 0 saturated heterocycles. The average Bonchev–Trinajstić information content (AvgIpc) is 3.11. The first-order chi connectivity index (χ1) is 8.08. The number of rotatable bonds is 7. The van der Waals surface area contributed by atoms with Gasteiger partial charge in [-0.3, -0.25) is 9.59 Å². The maximum Gasteiger partial charge on any atom is 0.242 e. The number of hydrogen-bond donors (Lipinski definition) is 1. The van der Waals surface area contributed by atoms with Gasteiger partial charge in [0.15, 0.2) is 0 Å². The molecule has 0 bridgehead atoms. The van der Waals surface area contributed by atoms with E-state index in [1.165, 1.54) is 4.90 Å². The molecule has 1 aliphatic rings. The molecule has 5 heteroatoms. The van der Waals surface area contributed by atoms with Gasteiger partial charge in [0, 0.05) is 26.2 Å². The maximum atomic E-state index is 11.8. The van der Waals surface area contributed by atoms with Gasteiger partial charge in [-0.1, -0.05) is 0 Å². The molecule has 0 aromatic heterocycles. The molecule has 1 aliphatic carbocycles. The largest absolute Gasteiger partial charge is 0.342 e. The molecule has 5 nitrogen and oxygen atoms in total. The van der Waals surface area contributed by atoms with E-state index in [0.717, 1.165) is 12.8 Å². The van der Waals surface area contributed by atoms with E-state index in [0.29, 0.717) is 25.7 Å². The lowest BCUT2D eigenvalue weighted by Crippen LogP contribution is -2.43. The lowest BCUT2D eigenvalue weighted by atomic mass is 10.4. The van der Waals surface area contributed by atoms with E-state index in [-0.39, 0.29) is 18.4 Å². The van der Waals surface area contributed by atoms with Crippen molar-refractivity contribution in [3.8, 4) is 0 Å². The van der Waals surface area contributed by atoms with E-state index >= 15 is 0 Å². The van der Waals surface area contributed by atoms with E-state index in [1.54, 1.807) is 11.9 Å². The molecule has 0 aromatic rings. The fourth-order valence-electron chi connectivity index (χ4n) is 1.62. The van der Waals surface area contributed by atoms with Crippen LogP contribution in [0.25, 0.3) is 0 Å². The van der Waals surface area contributed by atoms with Gasteiger partial charge in [-0.25, -0.2) is 0 Å². The summed E-state index contributed by atoms with van der Waals surface area (Å²) in [5.41, 5.74) is 0. The SMILES string of the molecule is CCN(CC)C(=O)CN(C)C(=O)CNC1CC1. The van der Waals surface area contributed by atoms with Crippen LogP contribution in [0.15, 0.2) is 0 Å². The first kappa shape index (κ1) is 14.0. The lowest BCUT2D eigenvalue weighted by Gasteiger charge is -2.23. The second-order valence-electron chi connectivity index (χ2n) is 4.47. The van der Waals surface area contributed by atoms with Crippen molar-refractivity contribution < 1.29 is 9.59 Å². The topological polar surface area (TPSA) is 52.7 Å². The minimum Gasteiger partial charge on any atom is -0.342 e. The molecule has 1 N–H and O–H groups in total. The molecule has 0 unspecified atom stereocenters. The Hall–Kier alpha value is -1.10. The van der Waals surface area contributed by atoms with Crippen LogP contribution in [0.5, 0.6) is 0 Å². The molecular weight excluding hydrogens is 218 g/mol. The van der Waals surface area contributed by atoms with Crippen LogP contribution >= 0.6 is 0 Å². The number of nitrogens with one attached hydrogen (secondary N) is 1. The van der Waals surface area contributed by atoms with Crippen molar-refractivity contribution in [3.63, 3.8) is 0 Å². The Labute approximate surface area is 103 Å². The smallest absolute Gasteiger partial charge is 0.242 e. The second-order valence-corrected chi connectivity index (χ2v) is 4.47. The number of carbonyl (C=O) groups excluding carboxylic acids is 2. The standard InChI is InChI=1S/C12H23N3O2/c1-4-15(5-2)12(17)9-14(3)11(16)8-13-10-6-7-10/h10,13H,4-9H2,1-3H3. The van der Waals surface area contributed by atoms with Gasteiger partial charge in [0.1, 0.15) is 0 Å². The van der Waals surface area contributed by atoms with Crippen LogP contribution in [-0.2, 0) is 9.59 Å². The van der Waals surface area contributed by atoms with Crippen LogP contribution in [0.1, 0.15) is 26.7 Å². The van der Waals surface area contributed by atoms with Gasteiger partial charge in [0.05, 0.1) is 13.1 Å². The van der Waals surface area contributed by atoms with Gasteiger partial charge in [0.25, 0.3) is 0 Å². The third kappa shape index (κ3) is 4.73. The molecule has 2 amide bonds. The van der Waals surface area contributed by atoms with Gasteiger partial charge in [-0.15, -0.1) is 0 Å². The number of hydrogen-bond acceptors (Lipinski definition) is 3.